The zero-order valence-corrected chi connectivity index (χ0v) is 14.5. The lowest BCUT2D eigenvalue weighted by Crippen LogP contribution is -2.06. The fraction of sp³-hybridized carbons (Fsp3) is 0.278. The maximum Gasteiger partial charge on any atom is 0.338 e. The Morgan fingerprint density at radius 3 is 1.80 bits per heavy atom. The Labute approximate surface area is 145 Å². The highest BCUT2D eigenvalue weighted by Gasteiger charge is 2.17. The standard InChI is InChI=1S/C18H20O7/c1-21-13-5-11(6-14(9-13)22-2)10-25-18(20)12-7-15(23-3)17(19)16(8-12)24-4/h5-9,19H,10H2,1-4H3. The Balaban J connectivity index is 2.18. The van der Waals surface area contributed by atoms with Gasteiger partial charge in [-0.25, -0.2) is 4.79 Å². The molecule has 7 heteroatoms. The van der Waals surface area contributed by atoms with Crippen molar-refractivity contribution in [2.45, 2.75) is 6.61 Å². The summed E-state index contributed by atoms with van der Waals surface area (Å²) in [4.78, 5) is 12.3. The summed E-state index contributed by atoms with van der Waals surface area (Å²) in [6.07, 6.45) is 0. The Morgan fingerprint density at radius 1 is 0.840 bits per heavy atom. The molecule has 2 aromatic rings. The van der Waals surface area contributed by atoms with Gasteiger partial charge in [0.05, 0.1) is 34.0 Å². The van der Waals surface area contributed by atoms with Crippen LogP contribution in [0.25, 0.3) is 0 Å². The van der Waals surface area contributed by atoms with Crippen molar-refractivity contribution in [3.8, 4) is 28.7 Å². The maximum absolute atomic E-state index is 12.3. The van der Waals surface area contributed by atoms with Crippen LogP contribution in [0.3, 0.4) is 0 Å². The highest BCUT2D eigenvalue weighted by Crippen LogP contribution is 2.37. The molecule has 2 aromatic carbocycles. The summed E-state index contributed by atoms with van der Waals surface area (Å²) in [6, 6.07) is 7.97. The first kappa shape index (κ1) is 18.3. The second-order valence-electron chi connectivity index (χ2n) is 5.03. The molecule has 2 rings (SSSR count). The van der Waals surface area contributed by atoms with Gasteiger partial charge in [0.1, 0.15) is 18.1 Å². The molecule has 0 amide bonds. The van der Waals surface area contributed by atoms with E-state index in [1.807, 2.05) is 0 Å². The van der Waals surface area contributed by atoms with Crippen LogP contribution in [0.5, 0.6) is 28.7 Å². The second kappa shape index (κ2) is 8.14. The summed E-state index contributed by atoms with van der Waals surface area (Å²) in [5.41, 5.74) is 0.906. The number of aromatic hydroxyl groups is 1. The van der Waals surface area contributed by atoms with Crippen molar-refractivity contribution in [1.82, 2.24) is 0 Å². The molecule has 0 radical (unpaired) electrons. The van der Waals surface area contributed by atoms with E-state index in [1.165, 1.54) is 26.4 Å². The van der Waals surface area contributed by atoms with Crippen molar-refractivity contribution >= 4 is 5.97 Å². The van der Waals surface area contributed by atoms with E-state index in [-0.39, 0.29) is 29.4 Å². The Kier molecular flexibility index (Phi) is 5.94. The minimum atomic E-state index is -0.585. The zero-order valence-electron chi connectivity index (χ0n) is 14.5. The van der Waals surface area contributed by atoms with Crippen LogP contribution in [0.4, 0.5) is 0 Å². The average molecular weight is 348 g/mol. The van der Waals surface area contributed by atoms with Crippen molar-refractivity contribution in [3.63, 3.8) is 0 Å². The van der Waals surface area contributed by atoms with E-state index in [4.69, 9.17) is 23.7 Å². The van der Waals surface area contributed by atoms with Gasteiger partial charge in [0.25, 0.3) is 0 Å². The quantitative estimate of drug-likeness (QED) is 0.770. The van der Waals surface area contributed by atoms with Crippen LogP contribution in [-0.4, -0.2) is 39.5 Å². The SMILES string of the molecule is COc1cc(COC(=O)c2cc(OC)c(O)c(OC)c2)cc(OC)c1. The van der Waals surface area contributed by atoms with E-state index < -0.39 is 5.97 Å². The summed E-state index contributed by atoms with van der Waals surface area (Å²) in [7, 11) is 5.84. The maximum atomic E-state index is 12.3. The van der Waals surface area contributed by atoms with Crippen LogP contribution in [0.15, 0.2) is 30.3 Å². The van der Waals surface area contributed by atoms with Crippen LogP contribution in [0, 0.1) is 0 Å². The molecule has 0 atom stereocenters. The molecule has 0 aliphatic rings. The third-order valence-electron chi connectivity index (χ3n) is 3.50. The van der Waals surface area contributed by atoms with Crippen LogP contribution >= 0.6 is 0 Å². The number of ether oxygens (including phenoxy) is 5. The minimum Gasteiger partial charge on any atom is -0.502 e. The third-order valence-corrected chi connectivity index (χ3v) is 3.50. The highest BCUT2D eigenvalue weighted by atomic mass is 16.5. The van der Waals surface area contributed by atoms with Gasteiger partial charge >= 0.3 is 5.97 Å². The van der Waals surface area contributed by atoms with Crippen LogP contribution in [0.1, 0.15) is 15.9 Å². The largest absolute Gasteiger partial charge is 0.502 e. The topological polar surface area (TPSA) is 83.5 Å². The lowest BCUT2D eigenvalue weighted by atomic mass is 10.1. The summed E-state index contributed by atoms with van der Waals surface area (Å²) in [5, 5.41) is 9.89. The first-order valence-electron chi connectivity index (χ1n) is 7.36. The Morgan fingerprint density at radius 2 is 1.36 bits per heavy atom. The number of carbonyl (C=O) groups is 1. The molecular formula is C18H20O7. The number of phenols is 1. The van der Waals surface area contributed by atoms with Crippen molar-refractivity contribution < 1.29 is 33.6 Å². The minimum absolute atomic E-state index is 0.0257. The fourth-order valence-corrected chi connectivity index (χ4v) is 2.19. The van der Waals surface area contributed by atoms with E-state index >= 15 is 0 Å². The van der Waals surface area contributed by atoms with Gasteiger partial charge in [0, 0.05) is 6.07 Å². The van der Waals surface area contributed by atoms with E-state index in [9.17, 15) is 9.90 Å². The first-order valence-corrected chi connectivity index (χ1v) is 7.36. The van der Waals surface area contributed by atoms with E-state index in [0.29, 0.717) is 17.1 Å². The lowest BCUT2D eigenvalue weighted by molar-refractivity contribution is 0.0471. The van der Waals surface area contributed by atoms with Crippen molar-refractivity contribution in [1.29, 1.82) is 0 Å². The van der Waals surface area contributed by atoms with Gasteiger partial charge in [0.15, 0.2) is 11.5 Å². The molecule has 0 fully saturated rings. The second-order valence-corrected chi connectivity index (χ2v) is 5.03. The van der Waals surface area contributed by atoms with Crippen molar-refractivity contribution in [3.05, 3.63) is 41.5 Å². The zero-order chi connectivity index (χ0) is 18.4. The van der Waals surface area contributed by atoms with E-state index in [1.54, 1.807) is 32.4 Å². The van der Waals surface area contributed by atoms with Crippen molar-refractivity contribution in [2.75, 3.05) is 28.4 Å². The number of rotatable bonds is 7. The molecule has 0 heterocycles. The van der Waals surface area contributed by atoms with Gasteiger partial charge in [-0.3, -0.25) is 0 Å². The molecule has 0 saturated carbocycles. The molecule has 134 valence electrons. The number of benzene rings is 2. The molecule has 0 unspecified atom stereocenters. The highest BCUT2D eigenvalue weighted by molar-refractivity contribution is 5.91. The van der Waals surface area contributed by atoms with Crippen LogP contribution < -0.4 is 18.9 Å². The summed E-state index contributed by atoms with van der Waals surface area (Å²) < 4.78 is 25.7. The Bertz CT molecular complexity index is 708. The first-order chi connectivity index (χ1) is 12.0. The van der Waals surface area contributed by atoms with Crippen LogP contribution in [-0.2, 0) is 11.3 Å². The summed E-state index contributed by atoms with van der Waals surface area (Å²) in [6.45, 7) is 0.0257. The van der Waals surface area contributed by atoms with E-state index in [0.717, 1.165) is 0 Å². The van der Waals surface area contributed by atoms with Gasteiger partial charge in [-0.1, -0.05) is 0 Å². The monoisotopic (exact) mass is 348 g/mol. The molecule has 0 bridgehead atoms. The molecule has 0 saturated heterocycles. The average Bonchev–Trinajstić information content (AvgIpc) is 2.65. The van der Waals surface area contributed by atoms with Gasteiger partial charge in [-0.2, -0.15) is 0 Å². The molecule has 0 aliphatic heterocycles. The molecule has 0 spiro atoms. The molecule has 0 aliphatic carbocycles. The predicted octanol–water partition coefficient (Wildman–Crippen LogP) is 2.78. The number of hydrogen-bond acceptors (Lipinski definition) is 7. The van der Waals surface area contributed by atoms with Crippen molar-refractivity contribution in [2.24, 2.45) is 0 Å². The Hall–Kier alpha value is -3.09. The van der Waals surface area contributed by atoms with Gasteiger partial charge in [0.2, 0.25) is 5.75 Å². The normalized spacial score (nSPS) is 10.1. The molecule has 0 aromatic heterocycles. The summed E-state index contributed by atoms with van der Waals surface area (Å²) in [5.74, 6) is 0.665. The number of phenolic OH excluding ortho intramolecular Hbond substituents is 1. The van der Waals surface area contributed by atoms with Gasteiger partial charge in [-0.15, -0.1) is 0 Å². The molecule has 7 nitrogen and oxygen atoms in total. The lowest BCUT2D eigenvalue weighted by Gasteiger charge is -2.12. The number of methoxy groups -OCH3 is 4. The molecule has 1 N–H and O–H groups in total. The van der Waals surface area contributed by atoms with Gasteiger partial charge in [-0.05, 0) is 29.8 Å². The number of carbonyl (C=O) groups excluding carboxylic acids is 1. The number of esters is 1. The fourth-order valence-electron chi connectivity index (χ4n) is 2.19. The third kappa shape index (κ3) is 4.26. The predicted molar refractivity (Wildman–Crippen MR) is 89.9 cm³/mol. The van der Waals surface area contributed by atoms with Gasteiger partial charge < -0.3 is 28.8 Å². The van der Waals surface area contributed by atoms with Crippen LogP contribution in [0.2, 0.25) is 0 Å². The van der Waals surface area contributed by atoms with E-state index in [2.05, 4.69) is 0 Å². The molecular weight excluding hydrogens is 328 g/mol. The number of hydrogen-bond donors (Lipinski definition) is 1. The smallest absolute Gasteiger partial charge is 0.338 e. The molecule has 25 heavy (non-hydrogen) atoms. The summed E-state index contributed by atoms with van der Waals surface area (Å²) >= 11 is 0.